The third-order valence-corrected chi connectivity index (χ3v) is 5.61. The lowest BCUT2D eigenvalue weighted by molar-refractivity contribution is -0.130. The molecule has 0 aliphatic carbocycles. The molecule has 5 heteroatoms. The van der Waals surface area contributed by atoms with Gasteiger partial charge in [0.05, 0.1) is 20.3 Å². The molecule has 1 N–H and O–H groups in total. The number of nitrogens with zero attached hydrogens (tertiary/aromatic N) is 1. The summed E-state index contributed by atoms with van der Waals surface area (Å²) in [7, 11) is 3.23. The highest BCUT2D eigenvalue weighted by atomic mass is 16.5. The van der Waals surface area contributed by atoms with Crippen LogP contribution in [0.25, 0.3) is 5.57 Å². The van der Waals surface area contributed by atoms with Crippen LogP contribution in [0.1, 0.15) is 28.3 Å². The molecule has 0 radical (unpaired) electrons. The van der Waals surface area contributed by atoms with E-state index in [0.29, 0.717) is 12.1 Å². The van der Waals surface area contributed by atoms with Crippen molar-refractivity contribution < 1.29 is 19.4 Å². The number of aliphatic hydroxyl groups is 1. The third kappa shape index (κ3) is 3.99. The van der Waals surface area contributed by atoms with Crippen LogP contribution in [0.2, 0.25) is 0 Å². The number of ether oxygens (including phenoxy) is 2. The molecule has 1 aliphatic rings. The number of hydrogen-bond donors (Lipinski definition) is 1. The molecule has 158 valence electrons. The predicted molar refractivity (Wildman–Crippen MR) is 120 cm³/mol. The number of hydrogen-bond acceptors (Lipinski definition) is 4. The number of carbonyl (C=O) groups is 1. The number of methoxy groups -OCH3 is 2. The minimum absolute atomic E-state index is 0.218. The summed E-state index contributed by atoms with van der Waals surface area (Å²) in [6.07, 6.45) is 0. The molecule has 3 aromatic carbocycles. The Hall–Kier alpha value is -3.73. The Morgan fingerprint density at radius 1 is 0.839 bits per heavy atom. The summed E-state index contributed by atoms with van der Waals surface area (Å²) in [5, 5.41) is 10.9. The summed E-state index contributed by atoms with van der Waals surface area (Å²) in [5.74, 6) is 0.873. The van der Waals surface area contributed by atoms with E-state index in [1.807, 2.05) is 79.7 Å². The zero-order valence-corrected chi connectivity index (χ0v) is 17.8. The molecule has 0 spiro atoms. The van der Waals surface area contributed by atoms with Crippen molar-refractivity contribution in [3.05, 3.63) is 101 Å². The van der Waals surface area contributed by atoms with Crippen LogP contribution in [-0.2, 0) is 11.3 Å². The number of aliphatic hydroxyl groups excluding tert-OH is 1. The van der Waals surface area contributed by atoms with E-state index in [2.05, 4.69) is 0 Å². The van der Waals surface area contributed by atoms with Gasteiger partial charge in [-0.2, -0.15) is 0 Å². The molecule has 1 atom stereocenters. The number of rotatable bonds is 6. The minimum Gasteiger partial charge on any atom is -0.503 e. The van der Waals surface area contributed by atoms with Crippen molar-refractivity contribution in [1.82, 2.24) is 4.90 Å². The molecule has 0 saturated heterocycles. The van der Waals surface area contributed by atoms with Crippen molar-refractivity contribution in [2.24, 2.45) is 0 Å². The summed E-state index contributed by atoms with van der Waals surface area (Å²) in [6.45, 7) is 2.39. The van der Waals surface area contributed by atoms with Crippen LogP contribution in [0.3, 0.4) is 0 Å². The topological polar surface area (TPSA) is 59.0 Å². The fourth-order valence-corrected chi connectivity index (χ4v) is 3.91. The summed E-state index contributed by atoms with van der Waals surface area (Å²) in [5.41, 5.74) is 4.42. The molecule has 0 aromatic heterocycles. The fraction of sp³-hybridized carbons (Fsp3) is 0.192. The van der Waals surface area contributed by atoms with E-state index in [0.717, 1.165) is 33.8 Å². The quantitative estimate of drug-likeness (QED) is 0.611. The summed E-state index contributed by atoms with van der Waals surface area (Å²) in [6, 6.07) is 22.7. The van der Waals surface area contributed by atoms with E-state index in [9.17, 15) is 9.90 Å². The molecule has 3 aromatic rings. The first kappa shape index (κ1) is 20.5. The van der Waals surface area contributed by atoms with Crippen LogP contribution < -0.4 is 9.47 Å². The Morgan fingerprint density at radius 3 is 1.94 bits per heavy atom. The second-order valence-electron chi connectivity index (χ2n) is 7.59. The molecule has 31 heavy (non-hydrogen) atoms. The van der Waals surface area contributed by atoms with E-state index in [4.69, 9.17) is 9.47 Å². The highest BCUT2D eigenvalue weighted by Gasteiger charge is 2.40. The Bertz CT molecular complexity index is 1100. The van der Waals surface area contributed by atoms with E-state index in [1.165, 1.54) is 0 Å². The molecule has 1 aliphatic heterocycles. The van der Waals surface area contributed by atoms with Crippen LogP contribution >= 0.6 is 0 Å². The van der Waals surface area contributed by atoms with E-state index >= 15 is 0 Å². The van der Waals surface area contributed by atoms with Gasteiger partial charge in [-0.15, -0.1) is 0 Å². The van der Waals surface area contributed by atoms with Gasteiger partial charge >= 0.3 is 0 Å². The molecule has 5 nitrogen and oxygen atoms in total. The van der Waals surface area contributed by atoms with Gasteiger partial charge in [0, 0.05) is 12.1 Å². The zero-order chi connectivity index (χ0) is 22.0. The zero-order valence-electron chi connectivity index (χ0n) is 17.8. The van der Waals surface area contributed by atoms with E-state index in [1.54, 1.807) is 19.1 Å². The first-order valence-corrected chi connectivity index (χ1v) is 10.1. The van der Waals surface area contributed by atoms with Crippen molar-refractivity contribution in [1.29, 1.82) is 0 Å². The molecular weight excluding hydrogens is 390 g/mol. The maximum Gasteiger partial charge on any atom is 0.290 e. The monoisotopic (exact) mass is 415 g/mol. The highest BCUT2D eigenvalue weighted by Crippen LogP contribution is 2.44. The van der Waals surface area contributed by atoms with Gasteiger partial charge in [0.25, 0.3) is 5.91 Å². The third-order valence-electron chi connectivity index (χ3n) is 5.61. The van der Waals surface area contributed by atoms with Gasteiger partial charge in [-0.3, -0.25) is 4.79 Å². The standard InChI is InChI=1S/C26H25NO4/c1-17-4-8-20(9-5-17)24-23(19-10-14-22(31-3)15-11-19)25(28)26(29)27(24)16-18-6-12-21(30-2)13-7-18/h4-15,24,28H,16H2,1-3H3/t24-/m1/s1. The lowest BCUT2D eigenvalue weighted by Crippen LogP contribution is -2.29. The van der Waals surface area contributed by atoms with Gasteiger partial charge in [-0.1, -0.05) is 54.1 Å². The van der Waals surface area contributed by atoms with Crippen molar-refractivity contribution >= 4 is 11.5 Å². The van der Waals surface area contributed by atoms with Gasteiger partial charge < -0.3 is 19.5 Å². The Balaban J connectivity index is 1.76. The SMILES string of the molecule is COc1ccc(CN2C(=O)C(O)=C(c3ccc(OC)cc3)[C@H]2c2ccc(C)cc2)cc1. The molecular formula is C26H25NO4. The average molecular weight is 415 g/mol. The second-order valence-corrected chi connectivity index (χ2v) is 7.59. The summed E-state index contributed by atoms with van der Waals surface area (Å²) >= 11 is 0. The molecule has 0 saturated carbocycles. The highest BCUT2D eigenvalue weighted by molar-refractivity contribution is 6.05. The normalized spacial score (nSPS) is 16.0. The van der Waals surface area contributed by atoms with Gasteiger partial charge in [-0.05, 0) is 47.9 Å². The smallest absolute Gasteiger partial charge is 0.290 e. The van der Waals surface area contributed by atoms with Crippen molar-refractivity contribution in [3.8, 4) is 11.5 Å². The number of aryl methyl sites for hydroxylation is 1. The fourth-order valence-electron chi connectivity index (χ4n) is 3.91. The lowest BCUT2D eigenvalue weighted by atomic mass is 9.93. The summed E-state index contributed by atoms with van der Waals surface area (Å²) in [4.78, 5) is 14.9. The maximum absolute atomic E-state index is 13.2. The Kier molecular flexibility index (Phi) is 5.67. The Morgan fingerprint density at radius 2 is 1.39 bits per heavy atom. The minimum atomic E-state index is -0.399. The summed E-state index contributed by atoms with van der Waals surface area (Å²) < 4.78 is 10.5. The van der Waals surface area contributed by atoms with Crippen LogP contribution in [-0.4, -0.2) is 30.1 Å². The molecule has 0 unspecified atom stereocenters. The first-order chi connectivity index (χ1) is 15.0. The molecule has 1 amide bonds. The van der Waals surface area contributed by atoms with Gasteiger partial charge in [0.1, 0.15) is 11.5 Å². The van der Waals surface area contributed by atoms with Crippen LogP contribution in [0.4, 0.5) is 0 Å². The van der Waals surface area contributed by atoms with Crippen molar-refractivity contribution in [2.45, 2.75) is 19.5 Å². The average Bonchev–Trinajstić information content (AvgIpc) is 3.05. The van der Waals surface area contributed by atoms with E-state index < -0.39 is 6.04 Å². The number of benzene rings is 3. The van der Waals surface area contributed by atoms with Gasteiger partial charge in [0.15, 0.2) is 5.76 Å². The molecule has 0 fully saturated rings. The predicted octanol–water partition coefficient (Wildman–Crippen LogP) is 5.07. The number of amides is 1. The maximum atomic E-state index is 13.2. The van der Waals surface area contributed by atoms with Crippen LogP contribution in [0.5, 0.6) is 11.5 Å². The molecule has 1 heterocycles. The molecule has 0 bridgehead atoms. The largest absolute Gasteiger partial charge is 0.503 e. The van der Waals surface area contributed by atoms with Crippen LogP contribution in [0.15, 0.2) is 78.6 Å². The Labute approximate surface area is 182 Å². The second kappa shape index (κ2) is 8.56. The first-order valence-electron chi connectivity index (χ1n) is 10.1. The molecule has 4 rings (SSSR count). The van der Waals surface area contributed by atoms with E-state index in [-0.39, 0.29) is 11.7 Å². The van der Waals surface area contributed by atoms with Gasteiger partial charge in [0.2, 0.25) is 0 Å². The van der Waals surface area contributed by atoms with Crippen molar-refractivity contribution in [3.63, 3.8) is 0 Å². The lowest BCUT2D eigenvalue weighted by Gasteiger charge is -2.27. The van der Waals surface area contributed by atoms with Crippen LogP contribution in [0, 0.1) is 6.92 Å². The number of carbonyl (C=O) groups excluding carboxylic acids is 1. The van der Waals surface area contributed by atoms with Gasteiger partial charge in [-0.25, -0.2) is 0 Å². The van der Waals surface area contributed by atoms with Crippen molar-refractivity contribution in [2.75, 3.05) is 14.2 Å².